The van der Waals surface area contributed by atoms with E-state index in [9.17, 15) is 0 Å². The zero-order valence-electron chi connectivity index (χ0n) is 5.84. The van der Waals surface area contributed by atoms with Crippen LogP contribution in [0.3, 0.4) is 0 Å². The first-order valence-electron chi connectivity index (χ1n) is 3.22. The maximum atomic E-state index is 5.54. The molecule has 1 aromatic rings. The van der Waals surface area contributed by atoms with Gasteiger partial charge in [-0.05, 0) is 22.4 Å². The molecule has 0 aliphatic heterocycles. The van der Waals surface area contributed by atoms with Crippen molar-refractivity contribution in [3.8, 4) is 0 Å². The fourth-order valence-electron chi connectivity index (χ4n) is 0.757. The Hall–Kier alpha value is -0.510. The second kappa shape index (κ2) is 3.05. The van der Waals surface area contributed by atoms with E-state index in [2.05, 4.69) is 28.0 Å². The standard InChI is InChI=1S/C6H10BrN3/c1-2-3-10-4-5(8)6(7)9-10/h4H,2-3,8H2,1H3. The number of anilines is 1. The van der Waals surface area contributed by atoms with Crippen LogP contribution in [0.2, 0.25) is 0 Å². The van der Waals surface area contributed by atoms with Crippen molar-refractivity contribution in [1.82, 2.24) is 9.78 Å². The fourth-order valence-corrected chi connectivity index (χ4v) is 1.06. The van der Waals surface area contributed by atoms with E-state index in [-0.39, 0.29) is 0 Å². The molecule has 0 aromatic carbocycles. The normalized spacial score (nSPS) is 10.2. The molecule has 1 aromatic heterocycles. The lowest BCUT2D eigenvalue weighted by atomic mass is 10.5. The highest BCUT2D eigenvalue weighted by Gasteiger charge is 1.99. The first-order chi connectivity index (χ1) is 4.74. The summed E-state index contributed by atoms with van der Waals surface area (Å²) in [4.78, 5) is 0. The summed E-state index contributed by atoms with van der Waals surface area (Å²) in [6.07, 6.45) is 2.90. The van der Waals surface area contributed by atoms with Crippen molar-refractivity contribution in [3.05, 3.63) is 10.8 Å². The van der Waals surface area contributed by atoms with Gasteiger partial charge in [-0.1, -0.05) is 6.92 Å². The van der Waals surface area contributed by atoms with E-state index in [0.29, 0.717) is 5.69 Å². The van der Waals surface area contributed by atoms with Gasteiger partial charge in [0.15, 0.2) is 4.60 Å². The molecule has 0 radical (unpaired) electrons. The molecule has 0 unspecified atom stereocenters. The molecule has 0 amide bonds. The molecule has 10 heavy (non-hydrogen) atoms. The first-order valence-corrected chi connectivity index (χ1v) is 4.01. The third kappa shape index (κ3) is 1.50. The molecule has 0 saturated carbocycles. The number of nitrogen functional groups attached to an aromatic ring is 1. The van der Waals surface area contributed by atoms with Crippen LogP contribution in [-0.4, -0.2) is 9.78 Å². The summed E-state index contributed by atoms with van der Waals surface area (Å²) >= 11 is 3.23. The van der Waals surface area contributed by atoms with Gasteiger partial charge < -0.3 is 5.73 Å². The van der Waals surface area contributed by atoms with Crippen LogP contribution < -0.4 is 5.73 Å². The van der Waals surface area contributed by atoms with Crippen molar-refractivity contribution in [2.45, 2.75) is 19.9 Å². The Morgan fingerprint density at radius 1 is 1.80 bits per heavy atom. The highest BCUT2D eigenvalue weighted by atomic mass is 79.9. The van der Waals surface area contributed by atoms with Crippen LogP contribution >= 0.6 is 15.9 Å². The van der Waals surface area contributed by atoms with Gasteiger partial charge >= 0.3 is 0 Å². The Labute approximate surface area is 68.3 Å². The van der Waals surface area contributed by atoms with Crippen LogP contribution in [0.1, 0.15) is 13.3 Å². The third-order valence-electron chi connectivity index (χ3n) is 1.20. The topological polar surface area (TPSA) is 43.8 Å². The molecule has 56 valence electrons. The summed E-state index contributed by atoms with van der Waals surface area (Å²) in [5, 5.41) is 4.11. The molecule has 1 heterocycles. The Balaban J connectivity index is 2.77. The molecule has 0 saturated heterocycles. The third-order valence-corrected chi connectivity index (χ3v) is 1.81. The molecule has 0 bridgehead atoms. The maximum absolute atomic E-state index is 5.54. The van der Waals surface area contributed by atoms with Gasteiger partial charge in [-0.15, -0.1) is 0 Å². The van der Waals surface area contributed by atoms with Crippen molar-refractivity contribution in [3.63, 3.8) is 0 Å². The van der Waals surface area contributed by atoms with Crippen molar-refractivity contribution in [1.29, 1.82) is 0 Å². The minimum Gasteiger partial charge on any atom is -0.395 e. The Kier molecular flexibility index (Phi) is 2.32. The number of hydrogen-bond donors (Lipinski definition) is 1. The fraction of sp³-hybridized carbons (Fsp3) is 0.500. The van der Waals surface area contributed by atoms with E-state index >= 15 is 0 Å². The van der Waals surface area contributed by atoms with Gasteiger partial charge in [0.2, 0.25) is 0 Å². The van der Waals surface area contributed by atoms with Crippen LogP contribution in [0.4, 0.5) is 5.69 Å². The predicted molar refractivity (Wildman–Crippen MR) is 44.6 cm³/mol. The predicted octanol–water partition coefficient (Wildman–Crippen LogP) is 1.64. The molecule has 0 atom stereocenters. The van der Waals surface area contributed by atoms with Gasteiger partial charge in [0.1, 0.15) is 0 Å². The quantitative estimate of drug-likeness (QED) is 0.795. The molecular weight excluding hydrogens is 194 g/mol. The number of halogens is 1. The van der Waals surface area contributed by atoms with Gasteiger partial charge in [0.05, 0.1) is 5.69 Å². The van der Waals surface area contributed by atoms with E-state index in [4.69, 9.17) is 5.73 Å². The largest absolute Gasteiger partial charge is 0.395 e. The number of rotatable bonds is 2. The number of nitrogens with two attached hydrogens (primary N) is 1. The van der Waals surface area contributed by atoms with Crippen LogP contribution in [-0.2, 0) is 6.54 Å². The summed E-state index contributed by atoms with van der Waals surface area (Å²) in [6.45, 7) is 3.03. The molecule has 0 aliphatic rings. The van der Waals surface area contributed by atoms with Crippen molar-refractivity contribution in [2.24, 2.45) is 0 Å². The van der Waals surface area contributed by atoms with Crippen molar-refractivity contribution in [2.75, 3.05) is 5.73 Å². The van der Waals surface area contributed by atoms with Crippen LogP contribution in [0.15, 0.2) is 10.8 Å². The molecule has 0 spiro atoms. The number of aromatic nitrogens is 2. The zero-order valence-corrected chi connectivity index (χ0v) is 7.43. The van der Waals surface area contributed by atoms with E-state index in [1.54, 1.807) is 0 Å². The van der Waals surface area contributed by atoms with Crippen molar-refractivity contribution < 1.29 is 0 Å². The molecule has 2 N–H and O–H groups in total. The minimum absolute atomic E-state index is 0.702. The first kappa shape index (κ1) is 7.60. The number of hydrogen-bond acceptors (Lipinski definition) is 2. The lowest BCUT2D eigenvalue weighted by Gasteiger charge is -1.93. The summed E-state index contributed by atoms with van der Waals surface area (Å²) in [6, 6.07) is 0. The van der Waals surface area contributed by atoms with E-state index in [1.165, 1.54) is 0 Å². The smallest absolute Gasteiger partial charge is 0.151 e. The number of nitrogens with zero attached hydrogens (tertiary/aromatic N) is 2. The summed E-state index contributed by atoms with van der Waals surface area (Å²) in [5.41, 5.74) is 6.24. The molecular formula is C6H10BrN3. The Morgan fingerprint density at radius 2 is 2.50 bits per heavy atom. The molecule has 0 fully saturated rings. The zero-order chi connectivity index (χ0) is 7.56. The molecule has 3 nitrogen and oxygen atoms in total. The highest BCUT2D eigenvalue weighted by Crippen LogP contribution is 2.15. The Morgan fingerprint density at radius 3 is 2.90 bits per heavy atom. The lowest BCUT2D eigenvalue weighted by molar-refractivity contribution is 0.599. The van der Waals surface area contributed by atoms with Crippen LogP contribution in [0.25, 0.3) is 0 Å². The lowest BCUT2D eigenvalue weighted by Crippen LogP contribution is -1.95. The van der Waals surface area contributed by atoms with Crippen molar-refractivity contribution >= 4 is 21.6 Å². The van der Waals surface area contributed by atoms with Gasteiger partial charge in [-0.3, -0.25) is 4.68 Å². The van der Waals surface area contributed by atoms with Gasteiger partial charge in [-0.25, -0.2) is 0 Å². The van der Waals surface area contributed by atoms with E-state index in [0.717, 1.165) is 17.6 Å². The average Bonchev–Trinajstić information content (AvgIpc) is 2.14. The second-order valence-electron chi connectivity index (χ2n) is 2.14. The second-order valence-corrected chi connectivity index (χ2v) is 2.89. The number of aryl methyl sites for hydroxylation is 1. The van der Waals surface area contributed by atoms with E-state index < -0.39 is 0 Å². The van der Waals surface area contributed by atoms with Crippen LogP contribution in [0, 0.1) is 0 Å². The highest BCUT2D eigenvalue weighted by molar-refractivity contribution is 9.10. The average molecular weight is 204 g/mol. The molecule has 0 aliphatic carbocycles. The van der Waals surface area contributed by atoms with E-state index in [1.807, 2.05) is 10.9 Å². The van der Waals surface area contributed by atoms with Gasteiger partial charge in [0.25, 0.3) is 0 Å². The summed E-state index contributed by atoms with van der Waals surface area (Å²) in [5.74, 6) is 0. The monoisotopic (exact) mass is 203 g/mol. The van der Waals surface area contributed by atoms with Crippen LogP contribution in [0.5, 0.6) is 0 Å². The maximum Gasteiger partial charge on any atom is 0.151 e. The molecule has 4 heteroatoms. The SMILES string of the molecule is CCCn1cc(N)c(Br)n1. The summed E-state index contributed by atoms with van der Waals surface area (Å²) < 4.78 is 2.57. The minimum atomic E-state index is 0.702. The van der Waals surface area contributed by atoms with Gasteiger partial charge in [-0.2, -0.15) is 5.10 Å². The van der Waals surface area contributed by atoms with Gasteiger partial charge in [0, 0.05) is 12.7 Å². The summed E-state index contributed by atoms with van der Waals surface area (Å²) in [7, 11) is 0. The molecule has 1 rings (SSSR count). The Bertz CT molecular complexity index is 199.